The molecule has 75 valence electrons. The van der Waals surface area contributed by atoms with Gasteiger partial charge in [0.2, 0.25) is 0 Å². The SMILES string of the molecule is [CH](Nc1ccccc1)Nc1ccccc1. The maximum atomic E-state index is 3.16. The minimum Gasteiger partial charge on any atom is -0.362 e. The molecule has 15 heavy (non-hydrogen) atoms. The average Bonchev–Trinajstić information content (AvgIpc) is 2.32. The Bertz CT molecular complexity index is 344. The molecule has 0 spiro atoms. The summed E-state index contributed by atoms with van der Waals surface area (Å²) in [7, 11) is 0. The van der Waals surface area contributed by atoms with Crippen LogP contribution in [0.15, 0.2) is 60.7 Å². The summed E-state index contributed by atoms with van der Waals surface area (Å²) >= 11 is 0. The molecule has 0 unspecified atom stereocenters. The molecule has 2 aromatic carbocycles. The molecule has 0 aromatic heterocycles. The van der Waals surface area contributed by atoms with Crippen LogP contribution in [-0.4, -0.2) is 0 Å². The van der Waals surface area contributed by atoms with Crippen molar-refractivity contribution in [2.24, 2.45) is 0 Å². The first-order chi connectivity index (χ1) is 7.45. The molecule has 0 saturated heterocycles. The lowest BCUT2D eigenvalue weighted by Crippen LogP contribution is -2.03. The van der Waals surface area contributed by atoms with Gasteiger partial charge in [-0.1, -0.05) is 36.4 Å². The van der Waals surface area contributed by atoms with Crippen LogP contribution in [0.3, 0.4) is 0 Å². The van der Waals surface area contributed by atoms with E-state index < -0.39 is 0 Å². The number of anilines is 2. The Kier molecular flexibility index (Phi) is 3.23. The number of nitrogens with one attached hydrogen (secondary N) is 2. The van der Waals surface area contributed by atoms with Gasteiger partial charge in [0.25, 0.3) is 0 Å². The second kappa shape index (κ2) is 5.05. The minimum atomic E-state index is 1.07. The van der Waals surface area contributed by atoms with Gasteiger partial charge in [-0.05, 0) is 24.3 Å². The van der Waals surface area contributed by atoms with E-state index >= 15 is 0 Å². The zero-order valence-corrected chi connectivity index (χ0v) is 8.35. The predicted molar refractivity (Wildman–Crippen MR) is 64.4 cm³/mol. The quantitative estimate of drug-likeness (QED) is 0.785. The van der Waals surface area contributed by atoms with E-state index in [0.29, 0.717) is 0 Å². The molecule has 2 heteroatoms. The molecule has 0 aliphatic rings. The smallest absolute Gasteiger partial charge is 0.136 e. The van der Waals surface area contributed by atoms with Gasteiger partial charge in [-0.25, -0.2) is 0 Å². The van der Waals surface area contributed by atoms with E-state index in [4.69, 9.17) is 0 Å². The lowest BCUT2D eigenvalue weighted by atomic mass is 10.3. The monoisotopic (exact) mass is 197 g/mol. The highest BCUT2D eigenvalue weighted by molar-refractivity contribution is 5.49. The van der Waals surface area contributed by atoms with Crippen LogP contribution in [0.2, 0.25) is 0 Å². The summed E-state index contributed by atoms with van der Waals surface area (Å²) in [6.07, 6.45) is 0. The zero-order chi connectivity index (χ0) is 10.3. The highest BCUT2D eigenvalue weighted by atomic mass is 15.1. The zero-order valence-electron chi connectivity index (χ0n) is 8.35. The summed E-state index contributed by atoms with van der Waals surface area (Å²) in [5, 5.41) is 6.31. The summed E-state index contributed by atoms with van der Waals surface area (Å²) in [6, 6.07) is 20.1. The van der Waals surface area contributed by atoms with E-state index in [9.17, 15) is 0 Å². The normalized spacial score (nSPS) is 9.60. The van der Waals surface area contributed by atoms with Crippen molar-refractivity contribution < 1.29 is 0 Å². The van der Waals surface area contributed by atoms with E-state index in [0.717, 1.165) is 11.4 Å². The van der Waals surface area contributed by atoms with Crippen molar-refractivity contribution >= 4 is 11.4 Å². The van der Waals surface area contributed by atoms with E-state index in [1.54, 1.807) is 0 Å². The van der Waals surface area contributed by atoms with Crippen molar-refractivity contribution in [1.29, 1.82) is 0 Å². The molecule has 0 heterocycles. The topological polar surface area (TPSA) is 24.1 Å². The maximum absolute atomic E-state index is 3.16. The first-order valence-corrected chi connectivity index (χ1v) is 4.90. The molecule has 0 amide bonds. The Morgan fingerprint density at radius 1 is 0.600 bits per heavy atom. The van der Waals surface area contributed by atoms with Gasteiger partial charge in [0, 0.05) is 11.4 Å². The van der Waals surface area contributed by atoms with Crippen molar-refractivity contribution in [2.75, 3.05) is 10.6 Å². The third-order valence-corrected chi connectivity index (χ3v) is 2.03. The summed E-state index contributed by atoms with van der Waals surface area (Å²) in [5.41, 5.74) is 2.14. The lowest BCUT2D eigenvalue weighted by molar-refractivity contribution is 1.37. The van der Waals surface area contributed by atoms with Crippen LogP contribution in [-0.2, 0) is 0 Å². The Morgan fingerprint density at radius 2 is 1.00 bits per heavy atom. The Hall–Kier alpha value is -1.96. The van der Waals surface area contributed by atoms with Crippen molar-refractivity contribution in [3.63, 3.8) is 0 Å². The third-order valence-electron chi connectivity index (χ3n) is 2.03. The van der Waals surface area contributed by atoms with Crippen LogP contribution in [0.1, 0.15) is 0 Å². The fraction of sp³-hybridized carbons (Fsp3) is 0. The molecule has 2 rings (SSSR count). The molecular formula is C13H13N2. The second-order valence-corrected chi connectivity index (χ2v) is 3.17. The van der Waals surface area contributed by atoms with Gasteiger partial charge in [0.1, 0.15) is 6.67 Å². The predicted octanol–water partition coefficient (Wildman–Crippen LogP) is 3.33. The first-order valence-electron chi connectivity index (χ1n) is 4.90. The number of hydrogen-bond acceptors (Lipinski definition) is 2. The minimum absolute atomic E-state index is 1.07. The molecule has 0 aliphatic heterocycles. The van der Waals surface area contributed by atoms with Crippen LogP contribution >= 0.6 is 0 Å². The molecule has 2 N–H and O–H groups in total. The van der Waals surface area contributed by atoms with Crippen molar-refractivity contribution in [3.05, 3.63) is 67.3 Å². The molecular weight excluding hydrogens is 184 g/mol. The Balaban J connectivity index is 1.81. The molecule has 0 fully saturated rings. The van der Waals surface area contributed by atoms with Gasteiger partial charge in [-0.3, -0.25) is 0 Å². The summed E-state index contributed by atoms with van der Waals surface area (Å²) in [4.78, 5) is 0. The van der Waals surface area contributed by atoms with Gasteiger partial charge in [0.15, 0.2) is 0 Å². The number of hydrogen-bond donors (Lipinski definition) is 2. The van der Waals surface area contributed by atoms with Crippen LogP contribution in [0, 0.1) is 6.67 Å². The van der Waals surface area contributed by atoms with E-state index in [1.807, 2.05) is 67.3 Å². The largest absolute Gasteiger partial charge is 0.362 e. The van der Waals surface area contributed by atoms with Gasteiger partial charge >= 0.3 is 0 Å². The van der Waals surface area contributed by atoms with E-state index in [1.165, 1.54) is 0 Å². The maximum Gasteiger partial charge on any atom is 0.136 e. The highest BCUT2D eigenvalue weighted by Crippen LogP contribution is 2.08. The standard InChI is InChI=1S/C13H13N2/c1-3-7-12(8-4-1)14-11-15-13-9-5-2-6-10-13/h1-11,14-15H. The first kappa shape index (κ1) is 9.59. The molecule has 2 aromatic rings. The fourth-order valence-electron chi connectivity index (χ4n) is 1.27. The van der Waals surface area contributed by atoms with Gasteiger partial charge in [-0.15, -0.1) is 0 Å². The summed E-state index contributed by atoms with van der Waals surface area (Å²) in [6.45, 7) is 1.82. The number of rotatable bonds is 4. The van der Waals surface area contributed by atoms with Gasteiger partial charge in [0.05, 0.1) is 0 Å². The van der Waals surface area contributed by atoms with E-state index in [2.05, 4.69) is 10.6 Å². The van der Waals surface area contributed by atoms with Gasteiger partial charge < -0.3 is 10.6 Å². The third kappa shape index (κ3) is 3.02. The van der Waals surface area contributed by atoms with Crippen molar-refractivity contribution in [3.8, 4) is 0 Å². The Morgan fingerprint density at radius 3 is 1.40 bits per heavy atom. The highest BCUT2D eigenvalue weighted by Gasteiger charge is 1.90. The lowest BCUT2D eigenvalue weighted by Gasteiger charge is -2.07. The second-order valence-electron chi connectivity index (χ2n) is 3.17. The molecule has 2 nitrogen and oxygen atoms in total. The van der Waals surface area contributed by atoms with Crippen molar-refractivity contribution in [2.45, 2.75) is 0 Å². The molecule has 0 bridgehead atoms. The number of para-hydroxylation sites is 2. The Labute approximate surface area is 90.0 Å². The molecule has 0 atom stereocenters. The van der Waals surface area contributed by atoms with Crippen LogP contribution in [0.5, 0.6) is 0 Å². The number of benzene rings is 2. The van der Waals surface area contributed by atoms with E-state index in [-0.39, 0.29) is 0 Å². The molecule has 0 saturated carbocycles. The summed E-state index contributed by atoms with van der Waals surface area (Å²) < 4.78 is 0. The van der Waals surface area contributed by atoms with Gasteiger partial charge in [-0.2, -0.15) is 0 Å². The van der Waals surface area contributed by atoms with Crippen molar-refractivity contribution in [1.82, 2.24) is 0 Å². The molecule has 0 aliphatic carbocycles. The van der Waals surface area contributed by atoms with Crippen LogP contribution < -0.4 is 10.6 Å². The summed E-state index contributed by atoms with van der Waals surface area (Å²) in [5.74, 6) is 0. The van der Waals surface area contributed by atoms with Crippen LogP contribution in [0.4, 0.5) is 11.4 Å². The fourth-order valence-corrected chi connectivity index (χ4v) is 1.27. The van der Waals surface area contributed by atoms with Crippen LogP contribution in [0.25, 0.3) is 0 Å². The average molecular weight is 197 g/mol. The molecule has 1 radical (unpaired) electrons.